The summed E-state index contributed by atoms with van der Waals surface area (Å²) in [5, 5.41) is 8.29. The zero-order chi connectivity index (χ0) is 16.2. The molecule has 0 radical (unpaired) electrons. The molecule has 2 heterocycles. The summed E-state index contributed by atoms with van der Waals surface area (Å²) < 4.78 is 1.83. The van der Waals surface area contributed by atoms with Gasteiger partial charge in [-0.2, -0.15) is 0 Å². The molecule has 1 saturated heterocycles. The normalized spacial score (nSPS) is 14.7. The minimum atomic E-state index is 0.295. The number of carbonyl (C=O) groups excluding carboxylic acids is 1. The van der Waals surface area contributed by atoms with Crippen molar-refractivity contribution < 1.29 is 4.79 Å². The first-order valence-electron chi connectivity index (χ1n) is 8.54. The Labute approximate surface area is 137 Å². The van der Waals surface area contributed by atoms with Crippen molar-refractivity contribution in [2.24, 2.45) is 0 Å². The van der Waals surface area contributed by atoms with Crippen LogP contribution in [-0.4, -0.2) is 34.4 Å². The van der Waals surface area contributed by atoms with E-state index in [-0.39, 0.29) is 0 Å². The van der Waals surface area contributed by atoms with E-state index in [4.69, 9.17) is 0 Å². The van der Waals surface area contributed by atoms with Crippen LogP contribution in [0.5, 0.6) is 0 Å². The summed E-state index contributed by atoms with van der Waals surface area (Å²) in [5.74, 6) is 0.295. The standard InChI is InChI=1S/C18H24N4O/c1-3-14(4-2)18-17(13-23)19-20-22(18)16-9-7-15(8-10-16)21-11-5-6-12-21/h7-10,13-14H,3-6,11-12H2,1-2H3. The summed E-state index contributed by atoms with van der Waals surface area (Å²) >= 11 is 0. The summed E-state index contributed by atoms with van der Waals surface area (Å²) in [6.07, 6.45) is 5.29. The van der Waals surface area contributed by atoms with Gasteiger partial charge in [0.1, 0.15) is 5.69 Å². The van der Waals surface area contributed by atoms with Gasteiger partial charge in [0.15, 0.2) is 6.29 Å². The van der Waals surface area contributed by atoms with Gasteiger partial charge in [-0.15, -0.1) is 5.10 Å². The summed E-state index contributed by atoms with van der Waals surface area (Å²) in [6, 6.07) is 8.42. The molecule has 1 aromatic carbocycles. The maximum atomic E-state index is 11.3. The second-order valence-corrected chi connectivity index (χ2v) is 6.11. The predicted molar refractivity (Wildman–Crippen MR) is 91.5 cm³/mol. The molecule has 1 aliphatic rings. The van der Waals surface area contributed by atoms with Crippen LogP contribution in [0.3, 0.4) is 0 Å². The summed E-state index contributed by atoms with van der Waals surface area (Å²) in [4.78, 5) is 13.7. The van der Waals surface area contributed by atoms with Crippen LogP contribution in [0, 0.1) is 0 Å². The molecule has 0 bridgehead atoms. The number of carbonyl (C=O) groups is 1. The van der Waals surface area contributed by atoms with Crippen LogP contribution in [0.25, 0.3) is 5.69 Å². The van der Waals surface area contributed by atoms with Gasteiger partial charge in [0.25, 0.3) is 0 Å². The molecule has 0 spiro atoms. The van der Waals surface area contributed by atoms with Crippen LogP contribution in [0.4, 0.5) is 5.69 Å². The molecule has 1 fully saturated rings. The summed E-state index contributed by atoms with van der Waals surface area (Å²) in [7, 11) is 0. The highest BCUT2D eigenvalue weighted by Crippen LogP contribution is 2.28. The fourth-order valence-corrected chi connectivity index (χ4v) is 3.41. The van der Waals surface area contributed by atoms with E-state index >= 15 is 0 Å². The van der Waals surface area contributed by atoms with E-state index in [2.05, 4.69) is 53.3 Å². The summed E-state index contributed by atoms with van der Waals surface area (Å²) in [5.41, 5.74) is 3.61. The number of rotatable bonds is 6. The Morgan fingerprint density at radius 2 is 1.70 bits per heavy atom. The third kappa shape index (κ3) is 3.00. The average molecular weight is 312 g/mol. The van der Waals surface area contributed by atoms with Gasteiger partial charge >= 0.3 is 0 Å². The number of hydrogen-bond donors (Lipinski definition) is 0. The molecule has 1 aliphatic heterocycles. The van der Waals surface area contributed by atoms with Crippen molar-refractivity contribution in [3.05, 3.63) is 35.7 Å². The second kappa shape index (κ2) is 6.94. The molecule has 0 atom stereocenters. The highest BCUT2D eigenvalue weighted by Gasteiger charge is 2.21. The molecule has 23 heavy (non-hydrogen) atoms. The molecule has 5 nitrogen and oxygen atoms in total. The van der Waals surface area contributed by atoms with E-state index < -0.39 is 0 Å². The monoisotopic (exact) mass is 312 g/mol. The lowest BCUT2D eigenvalue weighted by Gasteiger charge is -2.19. The maximum absolute atomic E-state index is 11.3. The maximum Gasteiger partial charge on any atom is 0.172 e. The van der Waals surface area contributed by atoms with E-state index in [1.54, 1.807) is 0 Å². The first-order chi connectivity index (χ1) is 11.3. The highest BCUT2D eigenvalue weighted by atomic mass is 16.1. The third-order valence-electron chi connectivity index (χ3n) is 4.78. The fraction of sp³-hybridized carbons (Fsp3) is 0.500. The topological polar surface area (TPSA) is 51.0 Å². The predicted octanol–water partition coefficient (Wildman–Crippen LogP) is 3.58. The Balaban J connectivity index is 1.94. The first kappa shape index (κ1) is 15.7. The number of aldehydes is 1. The minimum absolute atomic E-state index is 0.295. The largest absolute Gasteiger partial charge is 0.372 e. The lowest BCUT2D eigenvalue weighted by atomic mass is 9.97. The molecule has 2 aromatic rings. The lowest BCUT2D eigenvalue weighted by molar-refractivity contribution is 0.111. The number of aromatic nitrogens is 3. The van der Waals surface area contributed by atoms with Crippen LogP contribution in [0.15, 0.2) is 24.3 Å². The van der Waals surface area contributed by atoms with Gasteiger partial charge in [-0.05, 0) is 49.9 Å². The van der Waals surface area contributed by atoms with Gasteiger partial charge in [-0.25, -0.2) is 4.68 Å². The molecule has 122 valence electrons. The Morgan fingerprint density at radius 1 is 1.09 bits per heavy atom. The van der Waals surface area contributed by atoms with Gasteiger partial charge in [0, 0.05) is 24.7 Å². The summed E-state index contributed by atoms with van der Waals surface area (Å²) in [6.45, 7) is 6.54. The van der Waals surface area contributed by atoms with Gasteiger partial charge in [-0.1, -0.05) is 19.1 Å². The van der Waals surface area contributed by atoms with Gasteiger partial charge in [0.2, 0.25) is 0 Å². The molecule has 0 N–H and O–H groups in total. The highest BCUT2D eigenvalue weighted by molar-refractivity contribution is 5.74. The van der Waals surface area contributed by atoms with E-state index in [0.717, 1.165) is 43.6 Å². The van der Waals surface area contributed by atoms with Crippen LogP contribution < -0.4 is 4.90 Å². The van der Waals surface area contributed by atoms with Gasteiger partial charge < -0.3 is 4.90 Å². The van der Waals surface area contributed by atoms with Crippen molar-refractivity contribution in [2.75, 3.05) is 18.0 Å². The van der Waals surface area contributed by atoms with Crippen LogP contribution in [-0.2, 0) is 0 Å². The molecule has 0 unspecified atom stereocenters. The van der Waals surface area contributed by atoms with Crippen LogP contribution in [0.1, 0.15) is 61.6 Å². The Bertz CT molecular complexity index is 652. The molecule has 1 aromatic heterocycles. The fourth-order valence-electron chi connectivity index (χ4n) is 3.41. The Morgan fingerprint density at radius 3 is 2.26 bits per heavy atom. The van der Waals surface area contributed by atoms with Crippen LogP contribution >= 0.6 is 0 Å². The molecular weight excluding hydrogens is 288 g/mol. The van der Waals surface area contributed by atoms with Gasteiger partial charge in [-0.3, -0.25) is 4.79 Å². The van der Waals surface area contributed by atoms with Crippen molar-refractivity contribution in [3.8, 4) is 5.69 Å². The van der Waals surface area contributed by atoms with Crippen molar-refractivity contribution in [1.29, 1.82) is 0 Å². The SMILES string of the molecule is CCC(CC)c1c(C=O)nnn1-c1ccc(N2CCCC2)cc1. The minimum Gasteiger partial charge on any atom is -0.372 e. The smallest absolute Gasteiger partial charge is 0.172 e. The molecule has 0 amide bonds. The molecule has 5 heteroatoms. The number of anilines is 1. The number of hydrogen-bond acceptors (Lipinski definition) is 4. The average Bonchev–Trinajstić information content (AvgIpc) is 3.26. The quantitative estimate of drug-likeness (QED) is 0.765. The first-order valence-corrected chi connectivity index (χ1v) is 8.54. The third-order valence-corrected chi connectivity index (χ3v) is 4.78. The Hall–Kier alpha value is -2.17. The van der Waals surface area contributed by atoms with Crippen molar-refractivity contribution >= 4 is 12.0 Å². The van der Waals surface area contributed by atoms with Gasteiger partial charge in [0.05, 0.1) is 11.4 Å². The van der Waals surface area contributed by atoms with Crippen LogP contribution in [0.2, 0.25) is 0 Å². The van der Waals surface area contributed by atoms with Crippen molar-refractivity contribution in [3.63, 3.8) is 0 Å². The number of benzene rings is 1. The second-order valence-electron chi connectivity index (χ2n) is 6.11. The van der Waals surface area contributed by atoms with E-state index in [1.807, 2.05) is 4.68 Å². The molecule has 0 aliphatic carbocycles. The lowest BCUT2D eigenvalue weighted by Crippen LogP contribution is -2.17. The zero-order valence-corrected chi connectivity index (χ0v) is 13.9. The molecule has 3 rings (SSSR count). The van der Waals surface area contributed by atoms with Crippen molar-refractivity contribution in [1.82, 2.24) is 15.0 Å². The van der Waals surface area contributed by atoms with Crippen molar-refractivity contribution in [2.45, 2.75) is 45.4 Å². The Kier molecular flexibility index (Phi) is 4.74. The molecular formula is C18H24N4O. The zero-order valence-electron chi connectivity index (χ0n) is 13.9. The van der Waals surface area contributed by atoms with E-state index in [0.29, 0.717) is 11.6 Å². The number of nitrogens with zero attached hydrogens (tertiary/aromatic N) is 4. The molecule has 0 saturated carbocycles. The van der Waals surface area contributed by atoms with E-state index in [1.165, 1.54) is 18.5 Å². The van der Waals surface area contributed by atoms with E-state index in [9.17, 15) is 4.79 Å².